The molecule has 9 N–H and O–H groups in total. The van der Waals surface area contributed by atoms with Gasteiger partial charge in [0.25, 0.3) is 22.6 Å². The van der Waals surface area contributed by atoms with Crippen LogP contribution in [0.5, 0.6) is 11.5 Å². The highest BCUT2D eigenvalue weighted by atomic mass is 16.3. The number of nitrogens with one attached hydrogen (secondary N) is 4. The van der Waals surface area contributed by atoms with Gasteiger partial charge in [0.2, 0.25) is 0 Å². The lowest BCUT2D eigenvalue weighted by molar-refractivity contribution is -0.118. The van der Waals surface area contributed by atoms with Crippen LogP contribution >= 0.6 is 0 Å². The molecule has 3 aromatic rings. The van der Waals surface area contributed by atoms with E-state index in [0.717, 1.165) is 73.4 Å². The van der Waals surface area contributed by atoms with Gasteiger partial charge in [-0.05, 0) is 240 Å². The number of aromatic nitrogens is 4. The van der Waals surface area contributed by atoms with E-state index >= 15 is 0 Å². The normalized spacial score (nSPS) is 17.3. The zero-order chi connectivity index (χ0) is 75.9. The van der Waals surface area contributed by atoms with Crippen LogP contribution in [0.4, 0.5) is 4.79 Å². The molecule has 0 spiro atoms. The molecule has 0 radical (unpaired) electrons. The number of hydrogen-bond donors (Lipinski definition) is 9. The minimum atomic E-state index is -0.846. The number of amides is 3. The molecule has 0 bridgehead atoms. The number of rotatable bonds is 0. The number of aliphatic hydroxyl groups is 3. The molecule has 3 aromatic heterocycles. The van der Waals surface area contributed by atoms with Crippen LogP contribution in [-0.2, 0) is 21.4 Å². The fourth-order valence-corrected chi connectivity index (χ4v) is 10.8. The number of aliphatic hydroxyl groups excluding tert-OH is 3. The molecule has 22 nitrogen and oxygen atoms in total. The van der Waals surface area contributed by atoms with E-state index in [0.29, 0.717) is 17.1 Å². The van der Waals surface area contributed by atoms with Crippen molar-refractivity contribution in [1.82, 2.24) is 54.2 Å². The number of aryl methyl sites for hydroxylation is 1. The smallest absolute Gasteiger partial charge is 0.329 e. The number of urea groups is 1. The van der Waals surface area contributed by atoms with Gasteiger partial charge >= 0.3 is 11.7 Å². The van der Waals surface area contributed by atoms with Crippen molar-refractivity contribution in [1.29, 1.82) is 0 Å². The minimum absolute atomic E-state index is 0.00947. The molecule has 2 unspecified atom stereocenters. The Bertz CT molecular complexity index is 3750. The largest absolute Gasteiger partial charge is 0.508 e. The maximum absolute atomic E-state index is 11.7. The molecule has 3 amide bonds. The Labute approximate surface area is 572 Å². The lowest BCUT2D eigenvalue weighted by Crippen LogP contribution is -2.56. The van der Waals surface area contributed by atoms with E-state index in [-0.39, 0.29) is 84.6 Å². The number of nitrogens with zero attached hydrogens (tertiary/aromatic N) is 7. The van der Waals surface area contributed by atoms with Gasteiger partial charge in [0.05, 0.1) is 0 Å². The predicted molar refractivity (Wildman–Crippen MR) is 390 cm³/mol. The Balaban J connectivity index is 0.000000560. The highest BCUT2D eigenvalue weighted by Gasteiger charge is 2.36. The fourth-order valence-electron chi connectivity index (χ4n) is 10.8. The van der Waals surface area contributed by atoms with Crippen molar-refractivity contribution in [3.8, 4) is 11.5 Å². The fraction of sp³-hybridized carbons (Fsp3) is 0.568. The van der Waals surface area contributed by atoms with Gasteiger partial charge in [-0.1, -0.05) is 19.7 Å². The molecule has 7 heterocycles. The third kappa shape index (κ3) is 22.4. The predicted octanol–water partition coefficient (Wildman–Crippen LogP) is 12.6. The van der Waals surface area contributed by atoms with Gasteiger partial charge in [-0.15, -0.1) is 0 Å². The molecule has 0 saturated heterocycles. The van der Waals surface area contributed by atoms with Crippen LogP contribution in [0, 0.1) is 34.6 Å². The van der Waals surface area contributed by atoms with E-state index < -0.39 is 12.5 Å². The number of hydrogen-bond acceptors (Lipinski definition) is 15. The molecule has 2 atom stereocenters. The number of carbonyl (C=O) groups is 2. The van der Waals surface area contributed by atoms with E-state index in [9.17, 15) is 54.3 Å². The van der Waals surface area contributed by atoms with Crippen molar-refractivity contribution in [2.75, 3.05) is 0 Å². The molecule has 96 heavy (non-hydrogen) atoms. The van der Waals surface area contributed by atoms with E-state index in [1.54, 1.807) is 51.6 Å². The first kappa shape index (κ1) is 85.8. The summed E-state index contributed by atoms with van der Waals surface area (Å²) in [5.41, 5.74) is 8.61. The summed E-state index contributed by atoms with van der Waals surface area (Å²) in [5.74, 6) is 1.82. The van der Waals surface area contributed by atoms with Crippen LogP contribution in [0.2, 0.25) is 0 Å². The zero-order valence-electron chi connectivity index (χ0n) is 64.5. The third-order valence-electron chi connectivity index (χ3n) is 16.2. The second-order valence-corrected chi connectivity index (χ2v) is 31.7. The average molecular weight is 1340 g/mol. The summed E-state index contributed by atoms with van der Waals surface area (Å²) in [6.07, 6.45) is 3.86. The Morgan fingerprint density at radius 3 is 1.31 bits per heavy atom. The van der Waals surface area contributed by atoms with Gasteiger partial charge in [-0.2, -0.15) is 0 Å². The molecular weight excluding hydrogens is 1220 g/mol. The van der Waals surface area contributed by atoms with Crippen LogP contribution in [-0.4, -0.2) is 110 Å². The van der Waals surface area contributed by atoms with Crippen molar-refractivity contribution >= 4 is 11.9 Å². The second kappa shape index (κ2) is 31.8. The molecule has 7 rings (SSSR count). The summed E-state index contributed by atoms with van der Waals surface area (Å²) in [5, 5.41) is 55.5. The van der Waals surface area contributed by atoms with E-state index in [4.69, 9.17) is 0 Å². The number of allylic oxidation sites excluding steroid dienone is 5. The monoisotopic (exact) mass is 1340 g/mol. The minimum Gasteiger partial charge on any atom is -0.508 e. The second-order valence-electron chi connectivity index (χ2n) is 31.7. The molecule has 4 aliphatic rings. The van der Waals surface area contributed by atoms with Crippen molar-refractivity contribution in [3.63, 3.8) is 0 Å². The average Bonchev–Trinajstić information content (AvgIpc) is 0.831. The van der Waals surface area contributed by atoms with Crippen LogP contribution in [0.1, 0.15) is 222 Å². The topological polar surface area (TPSA) is 283 Å². The molecule has 538 valence electrons. The maximum atomic E-state index is 11.7. The summed E-state index contributed by atoms with van der Waals surface area (Å²) in [6, 6.07) is 2.28. The summed E-state index contributed by atoms with van der Waals surface area (Å²) < 4.78 is 4.91. The van der Waals surface area contributed by atoms with Crippen LogP contribution in [0.3, 0.4) is 0 Å². The molecule has 4 aliphatic heterocycles. The van der Waals surface area contributed by atoms with Gasteiger partial charge in [0, 0.05) is 131 Å². The van der Waals surface area contributed by atoms with E-state index in [1.165, 1.54) is 12.1 Å². The van der Waals surface area contributed by atoms with Crippen molar-refractivity contribution in [3.05, 3.63) is 182 Å². The van der Waals surface area contributed by atoms with Crippen LogP contribution < -0.4 is 38.3 Å². The highest BCUT2D eigenvalue weighted by molar-refractivity contribution is 5.95. The summed E-state index contributed by atoms with van der Waals surface area (Å²) in [4.78, 5) is 79.2. The Kier molecular flexibility index (Phi) is 28.4. The summed E-state index contributed by atoms with van der Waals surface area (Å²) in [6.45, 7) is 76.3. The van der Waals surface area contributed by atoms with Gasteiger partial charge in [-0.25, -0.2) is 9.59 Å². The lowest BCUT2D eigenvalue weighted by atomic mass is 10.0. The molecule has 0 fully saturated rings. The van der Waals surface area contributed by atoms with Crippen LogP contribution in [0.25, 0.3) is 0 Å². The SMILES string of the molecule is C=C1C=C(O)C(C)=CN1C(C)(C)C.C=C1NC(=O)C(C)=C(C)N1C(C)(C)C.C=C1NC(O)C(C)=C(C)N1C(C)(C)C.CC1=C(C)N(C(C)(C)C)C(=O)NC1O.Cc1c(C)n(C(C)(C)C)c(=O)[nH]c1=O.Cc1c(O)cc(=O)n(C(C)(C)C)c1C.Cc1cn(C(C)(C)C)c(=O)cc1O. The Hall–Kier alpha value is -8.24. The number of aromatic amines is 1. The Morgan fingerprint density at radius 1 is 0.469 bits per heavy atom. The van der Waals surface area contributed by atoms with Gasteiger partial charge in [-0.3, -0.25) is 33.6 Å². The van der Waals surface area contributed by atoms with Gasteiger partial charge in [0.15, 0.2) is 6.23 Å². The molecule has 22 heteroatoms. The van der Waals surface area contributed by atoms with Crippen LogP contribution in [0.15, 0.2) is 132 Å². The standard InChI is InChI=1S/C11H20N2O.C11H18N2O.C11H17NO2.C11H17NO.C10H18N2O2.C10H16N2O2.C10H15NO2/c2*1-7-8(2)13(11(4,5)6)9(3)12-10(7)14;1-7-8(2)12(11(3,4)5)10(14)6-9(7)13;1-8-7-12(11(3,4)5)9(2)6-10(8)13;2*1-6-7(2)12(10(3,4)5)9(14)11-8(6)13;1-7-6-11(10(2,3)4)9(13)5-8(7)12/h10,12,14H,3H2,1-2,4-6H3;3H2,1-2,4-6H3,(H,12,14);6,13H,1-5H3;6-7,13H,2H2,1,3-5H3;8,13H,1-5H3,(H,11,14);1-5H3,(H,11,13,14);5-6,12H,1-4H3. The number of carbonyl (C=O) groups excluding carboxylic acids is 2. The number of aromatic hydroxyl groups is 2. The van der Waals surface area contributed by atoms with Gasteiger partial charge in [0.1, 0.15) is 35.1 Å². The van der Waals surface area contributed by atoms with E-state index in [2.05, 4.69) is 113 Å². The van der Waals surface area contributed by atoms with E-state index in [1.807, 2.05) is 156 Å². The first-order chi connectivity index (χ1) is 42.9. The third-order valence-corrected chi connectivity index (χ3v) is 16.2. The van der Waals surface area contributed by atoms with Gasteiger partial charge < -0.3 is 65.3 Å². The van der Waals surface area contributed by atoms with Crippen molar-refractivity contribution in [2.24, 2.45) is 0 Å². The quantitative estimate of drug-likeness (QED) is 0.101. The summed E-state index contributed by atoms with van der Waals surface area (Å²) in [7, 11) is 0. The molecular formula is C74H121N11O11. The number of H-pyrrole nitrogens is 1. The maximum Gasteiger partial charge on any atom is 0.329 e. The van der Waals surface area contributed by atoms with Crippen molar-refractivity contribution < 1.29 is 35.1 Å². The first-order valence-corrected chi connectivity index (χ1v) is 32.2. The molecule has 0 saturated carbocycles. The summed E-state index contributed by atoms with van der Waals surface area (Å²) >= 11 is 0. The number of pyridine rings is 2. The lowest BCUT2D eigenvalue weighted by Gasteiger charge is -2.44. The highest BCUT2D eigenvalue weighted by Crippen LogP contribution is 2.32. The molecule has 0 aliphatic carbocycles. The molecule has 0 aromatic carbocycles. The zero-order valence-corrected chi connectivity index (χ0v) is 64.5. The Morgan fingerprint density at radius 2 is 0.885 bits per heavy atom. The first-order valence-electron chi connectivity index (χ1n) is 32.2. The van der Waals surface area contributed by atoms with Crippen molar-refractivity contribution in [2.45, 2.75) is 280 Å².